The summed E-state index contributed by atoms with van der Waals surface area (Å²) in [4.78, 5) is 11.0. The van der Waals surface area contributed by atoms with Gasteiger partial charge in [0.2, 0.25) is 0 Å². The van der Waals surface area contributed by atoms with Crippen molar-refractivity contribution >= 4 is 17.6 Å². The van der Waals surface area contributed by atoms with E-state index in [4.69, 9.17) is 26.2 Å². The summed E-state index contributed by atoms with van der Waals surface area (Å²) in [5.74, 6) is -0.212. The molecule has 2 rings (SSSR count). The highest BCUT2D eigenvalue weighted by atomic mass is 35.5. The van der Waals surface area contributed by atoms with Crippen LogP contribution in [0.15, 0.2) is 12.1 Å². The lowest BCUT2D eigenvalue weighted by Crippen LogP contribution is -2.16. The van der Waals surface area contributed by atoms with Gasteiger partial charge in [-0.05, 0) is 37.8 Å². The van der Waals surface area contributed by atoms with Crippen LogP contribution in [-0.4, -0.2) is 24.3 Å². The van der Waals surface area contributed by atoms with Gasteiger partial charge in [-0.15, -0.1) is 0 Å². The highest BCUT2D eigenvalue weighted by Crippen LogP contribution is 2.38. The first kappa shape index (κ1) is 15.0. The molecule has 1 aromatic carbocycles. The quantitative estimate of drug-likeness (QED) is 0.848. The zero-order valence-electron chi connectivity index (χ0n) is 11.5. The minimum Gasteiger partial charge on any atom is -0.493 e. The molecule has 0 atom stereocenters. The average molecular weight is 299 g/mol. The molecule has 20 heavy (non-hydrogen) atoms. The fourth-order valence-corrected chi connectivity index (χ4v) is 2.74. The fraction of sp³-hybridized carbons (Fsp3) is 0.533. The molecule has 0 saturated heterocycles. The van der Waals surface area contributed by atoms with Crippen molar-refractivity contribution in [2.75, 3.05) is 7.11 Å². The molecule has 1 N–H and O–H groups in total. The fourth-order valence-electron chi connectivity index (χ4n) is 2.48. The number of rotatable bonds is 4. The second kappa shape index (κ2) is 6.84. The van der Waals surface area contributed by atoms with Gasteiger partial charge in [0.15, 0.2) is 11.5 Å². The topological polar surface area (TPSA) is 55.8 Å². The van der Waals surface area contributed by atoms with E-state index in [1.807, 2.05) is 0 Å². The summed E-state index contributed by atoms with van der Waals surface area (Å²) < 4.78 is 11.2. The normalized spacial score (nSPS) is 16.5. The van der Waals surface area contributed by atoms with E-state index in [0.29, 0.717) is 11.5 Å². The first-order valence-electron chi connectivity index (χ1n) is 6.89. The molecule has 110 valence electrons. The van der Waals surface area contributed by atoms with Crippen molar-refractivity contribution in [3.05, 3.63) is 22.7 Å². The van der Waals surface area contributed by atoms with E-state index in [1.54, 1.807) is 0 Å². The van der Waals surface area contributed by atoms with E-state index in [1.165, 1.54) is 32.1 Å². The van der Waals surface area contributed by atoms with Crippen molar-refractivity contribution in [1.82, 2.24) is 0 Å². The molecule has 1 aliphatic rings. The lowest BCUT2D eigenvalue weighted by atomic mass is 10.1. The Morgan fingerprint density at radius 2 is 1.90 bits per heavy atom. The highest BCUT2D eigenvalue weighted by Gasteiger charge is 2.20. The first-order chi connectivity index (χ1) is 9.61. The SMILES string of the molecule is COc1cc(C(=O)O)cc(Cl)c1OC1CCCCCC1. The van der Waals surface area contributed by atoms with E-state index in [9.17, 15) is 4.79 Å². The maximum absolute atomic E-state index is 11.0. The summed E-state index contributed by atoms with van der Waals surface area (Å²) in [5.41, 5.74) is 0.0973. The van der Waals surface area contributed by atoms with Crippen LogP contribution >= 0.6 is 11.6 Å². The third-order valence-corrected chi connectivity index (χ3v) is 3.84. The third kappa shape index (κ3) is 3.57. The van der Waals surface area contributed by atoms with Crippen LogP contribution in [0.25, 0.3) is 0 Å². The summed E-state index contributed by atoms with van der Waals surface area (Å²) in [6.45, 7) is 0. The molecule has 0 radical (unpaired) electrons. The summed E-state index contributed by atoms with van der Waals surface area (Å²) in [6.07, 6.45) is 6.90. The Morgan fingerprint density at radius 3 is 2.45 bits per heavy atom. The molecular weight excluding hydrogens is 280 g/mol. The number of hydrogen-bond acceptors (Lipinski definition) is 3. The van der Waals surface area contributed by atoms with Crippen LogP contribution in [0.5, 0.6) is 11.5 Å². The molecule has 4 nitrogen and oxygen atoms in total. The van der Waals surface area contributed by atoms with Crippen LogP contribution in [0.3, 0.4) is 0 Å². The van der Waals surface area contributed by atoms with Gasteiger partial charge in [-0.3, -0.25) is 0 Å². The molecule has 0 spiro atoms. The van der Waals surface area contributed by atoms with Crippen molar-refractivity contribution in [1.29, 1.82) is 0 Å². The Kier molecular flexibility index (Phi) is 5.12. The van der Waals surface area contributed by atoms with E-state index >= 15 is 0 Å². The van der Waals surface area contributed by atoms with Crippen LogP contribution in [0.1, 0.15) is 48.9 Å². The zero-order valence-corrected chi connectivity index (χ0v) is 12.3. The van der Waals surface area contributed by atoms with Gasteiger partial charge in [-0.2, -0.15) is 0 Å². The molecule has 0 unspecified atom stereocenters. The van der Waals surface area contributed by atoms with Crippen LogP contribution in [-0.2, 0) is 0 Å². The Bertz CT molecular complexity index is 479. The molecule has 1 aliphatic carbocycles. The number of halogens is 1. The number of methoxy groups -OCH3 is 1. The first-order valence-corrected chi connectivity index (χ1v) is 7.27. The van der Waals surface area contributed by atoms with Crippen LogP contribution < -0.4 is 9.47 Å². The smallest absolute Gasteiger partial charge is 0.335 e. The minimum atomic E-state index is -1.04. The largest absolute Gasteiger partial charge is 0.493 e. The molecule has 0 heterocycles. The summed E-state index contributed by atoms with van der Waals surface area (Å²) in [7, 11) is 1.48. The maximum Gasteiger partial charge on any atom is 0.335 e. The standard InChI is InChI=1S/C15H19ClO4/c1-19-13-9-10(15(17)18)8-12(16)14(13)20-11-6-4-2-3-5-7-11/h8-9,11H,2-7H2,1H3,(H,17,18). The van der Waals surface area contributed by atoms with Crippen LogP contribution in [0.2, 0.25) is 5.02 Å². The zero-order chi connectivity index (χ0) is 14.5. The lowest BCUT2D eigenvalue weighted by molar-refractivity contribution is 0.0696. The molecular formula is C15H19ClO4. The second-order valence-electron chi connectivity index (χ2n) is 5.03. The van der Waals surface area contributed by atoms with E-state index in [-0.39, 0.29) is 16.7 Å². The van der Waals surface area contributed by atoms with Crippen molar-refractivity contribution in [2.24, 2.45) is 0 Å². The molecule has 0 aliphatic heterocycles. The number of ether oxygens (including phenoxy) is 2. The summed E-state index contributed by atoms with van der Waals surface area (Å²) in [5, 5.41) is 9.31. The molecule has 1 aromatic rings. The predicted octanol–water partition coefficient (Wildman–Crippen LogP) is 4.15. The Labute approximate surface area is 123 Å². The van der Waals surface area contributed by atoms with Gasteiger partial charge < -0.3 is 14.6 Å². The predicted molar refractivity (Wildman–Crippen MR) is 77.1 cm³/mol. The average Bonchev–Trinajstić information content (AvgIpc) is 2.69. The van der Waals surface area contributed by atoms with Gasteiger partial charge in [0.25, 0.3) is 0 Å². The van der Waals surface area contributed by atoms with Gasteiger partial charge >= 0.3 is 5.97 Å². The number of carboxylic acid groups (broad SMARTS) is 1. The van der Waals surface area contributed by atoms with Crippen molar-refractivity contribution in [3.63, 3.8) is 0 Å². The molecule has 5 heteroatoms. The minimum absolute atomic E-state index is 0.0973. The summed E-state index contributed by atoms with van der Waals surface area (Å²) >= 11 is 6.15. The number of aromatic carboxylic acids is 1. The number of carboxylic acids is 1. The number of carbonyl (C=O) groups is 1. The molecule has 1 saturated carbocycles. The highest BCUT2D eigenvalue weighted by molar-refractivity contribution is 6.32. The van der Waals surface area contributed by atoms with Crippen LogP contribution in [0, 0.1) is 0 Å². The van der Waals surface area contributed by atoms with Gasteiger partial charge in [0, 0.05) is 0 Å². The maximum atomic E-state index is 11.0. The van der Waals surface area contributed by atoms with Gasteiger partial charge in [0.1, 0.15) is 0 Å². The van der Waals surface area contributed by atoms with E-state index < -0.39 is 5.97 Å². The van der Waals surface area contributed by atoms with Gasteiger partial charge in [-0.1, -0.05) is 24.4 Å². The van der Waals surface area contributed by atoms with Gasteiger partial charge in [0.05, 0.1) is 23.8 Å². The molecule has 0 bridgehead atoms. The van der Waals surface area contributed by atoms with Crippen molar-refractivity contribution < 1.29 is 19.4 Å². The molecule has 0 amide bonds. The summed E-state index contributed by atoms with van der Waals surface area (Å²) in [6, 6.07) is 2.85. The van der Waals surface area contributed by atoms with Crippen molar-refractivity contribution in [2.45, 2.75) is 44.6 Å². The monoisotopic (exact) mass is 298 g/mol. The number of benzene rings is 1. The van der Waals surface area contributed by atoms with Crippen molar-refractivity contribution in [3.8, 4) is 11.5 Å². The second-order valence-corrected chi connectivity index (χ2v) is 5.43. The van der Waals surface area contributed by atoms with E-state index in [0.717, 1.165) is 25.7 Å². The Balaban J connectivity index is 2.23. The number of hydrogen-bond donors (Lipinski definition) is 1. The molecule has 0 aromatic heterocycles. The molecule has 1 fully saturated rings. The Morgan fingerprint density at radius 1 is 1.25 bits per heavy atom. The third-order valence-electron chi connectivity index (χ3n) is 3.56. The Hall–Kier alpha value is -1.42. The van der Waals surface area contributed by atoms with E-state index in [2.05, 4.69) is 0 Å². The lowest BCUT2D eigenvalue weighted by Gasteiger charge is -2.20. The van der Waals surface area contributed by atoms with Crippen LogP contribution in [0.4, 0.5) is 0 Å². The van der Waals surface area contributed by atoms with Gasteiger partial charge in [-0.25, -0.2) is 4.79 Å².